The number of benzene rings is 2. The van der Waals surface area contributed by atoms with Crippen LogP contribution in [0.5, 0.6) is 11.5 Å². The van der Waals surface area contributed by atoms with Crippen LogP contribution in [-0.4, -0.2) is 43.2 Å². The lowest BCUT2D eigenvalue weighted by atomic mass is 10.2. The first-order valence-corrected chi connectivity index (χ1v) is 8.08. The molecule has 0 fully saturated rings. The summed E-state index contributed by atoms with van der Waals surface area (Å²) in [5.41, 5.74) is 1.92. The fourth-order valence-corrected chi connectivity index (χ4v) is 2.27. The maximum atomic E-state index is 13.4. The number of ether oxygens (including phenoxy) is 1. The van der Waals surface area contributed by atoms with E-state index < -0.39 is 5.82 Å². The average Bonchev–Trinajstić information content (AvgIpc) is 2.60. The number of nitrogens with zero attached hydrogens (tertiary/aromatic N) is 2. The normalized spacial score (nSPS) is 10.8. The Balaban J connectivity index is 0.00000338. The third kappa shape index (κ3) is 6.70. The van der Waals surface area contributed by atoms with Crippen LogP contribution < -0.4 is 10.1 Å². The van der Waals surface area contributed by atoms with Gasteiger partial charge in [-0.3, -0.25) is 4.99 Å². The number of rotatable bonds is 6. The molecular formula is C19H25FIN3O2. The predicted molar refractivity (Wildman–Crippen MR) is 113 cm³/mol. The summed E-state index contributed by atoms with van der Waals surface area (Å²) in [4.78, 5) is 6.15. The molecule has 7 heteroatoms. The van der Waals surface area contributed by atoms with Gasteiger partial charge in [-0.15, -0.1) is 24.0 Å². The van der Waals surface area contributed by atoms with Gasteiger partial charge in [-0.2, -0.15) is 0 Å². The van der Waals surface area contributed by atoms with E-state index in [0.717, 1.165) is 11.3 Å². The number of guanidine groups is 1. The van der Waals surface area contributed by atoms with Gasteiger partial charge in [0.15, 0.2) is 17.5 Å². The lowest BCUT2D eigenvalue weighted by Gasteiger charge is -2.22. The Morgan fingerprint density at radius 3 is 2.54 bits per heavy atom. The molecule has 26 heavy (non-hydrogen) atoms. The molecule has 0 radical (unpaired) electrons. The zero-order valence-corrected chi connectivity index (χ0v) is 17.5. The fourth-order valence-electron chi connectivity index (χ4n) is 2.27. The first-order chi connectivity index (χ1) is 12.0. The van der Waals surface area contributed by atoms with E-state index in [4.69, 9.17) is 4.74 Å². The zero-order valence-electron chi connectivity index (χ0n) is 15.2. The molecule has 0 atom stereocenters. The predicted octanol–water partition coefficient (Wildman–Crippen LogP) is 3.54. The van der Waals surface area contributed by atoms with Crippen LogP contribution in [0.25, 0.3) is 0 Å². The van der Waals surface area contributed by atoms with Crippen molar-refractivity contribution in [1.29, 1.82) is 0 Å². The topological polar surface area (TPSA) is 57.1 Å². The summed E-state index contributed by atoms with van der Waals surface area (Å²) in [6.45, 7) is 3.62. The molecule has 0 saturated heterocycles. The van der Waals surface area contributed by atoms with E-state index in [1.165, 1.54) is 17.7 Å². The smallest absolute Gasteiger partial charge is 0.193 e. The summed E-state index contributed by atoms with van der Waals surface area (Å²) < 4.78 is 19.1. The number of halogens is 2. The highest BCUT2D eigenvalue weighted by Crippen LogP contribution is 2.16. The molecule has 0 aliphatic heterocycles. The number of phenolic OH excluding ortho intramolecular Hbond substituents is 1. The van der Waals surface area contributed by atoms with Crippen molar-refractivity contribution in [2.24, 2.45) is 4.99 Å². The van der Waals surface area contributed by atoms with Crippen molar-refractivity contribution in [3.05, 3.63) is 59.4 Å². The van der Waals surface area contributed by atoms with Crippen LogP contribution in [0.4, 0.5) is 4.39 Å². The molecule has 2 N–H and O–H groups in total. The summed E-state index contributed by atoms with van der Waals surface area (Å²) >= 11 is 0. The molecule has 2 aromatic carbocycles. The van der Waals surface area contributed by atoms with Gasteiger partial charge in [-0.1, -0.05) is 23.8 Å². The Morgan fingerprint density at radius 1 is 1.23 bits per heavy atom. The summed E-state index contributed by atoms with van der Waals surface area (Å²) in [5.74, 6) is 0.537. The summed E-state index contributed by atoms with van der Waals surface area (Å²) in [6.07, 6.45) is 0. The molecular weight excluding hydrogens is 448 g/mol. The van der Waals surface area contributed by atoms with E-state index >= 15 is 0 Å². The van der Waals surface area contributed by atoms with Crippen molar-refractivity contribution < 1.29 is 14.2 Å². The maximum Gasteiger partial charge on any atom is 0.193 e. The quantitative estimate of drug-likeness (QED) is 0.383. The van der Waals surface area contributed by atoms with Gasteiger partial charge >= 0.3 is 0 Å². The molecule has 0 aliphatic rings. The second kappa shape index (κ2) is 10.8. The Kier molecular flexibility index (Phi) is 9.18. The van der Waals surface area contributed by atoms with Crippen molar-refractivity contribution in [3.63, 3.8) is 0 Å². The molecule has 5 nitrogen and oxygen atoms in total. The molecule has 0 aromatic heterocycles. The van der Waals surface area contributed by atoms with Gasteiger partial charge in [0.1, 0.15) is 12.4 Å². The number of aromatic hydroxyl groups is 1. The second-order valence-electron chi connectivity index (χ2n) is 5.77. The lowest BCUT2D eigenvalue weighted by molar-refractivity contribution is 0.281. The molecule has 0 amide bonds. The summed E-state index contributed by atoms with van der Waals surface area (Å²) in [7, 11) is 3.60. The Hall–Kier alpha value is -2.03. The Morgan fingerprint density at radius 2 is 1.92 bits per heavy atom. The molecule has 0 bridgehead atoms. The number of likely N-dealkylation sites (N-methyl/N-ethyl adjacent to an activating group) is 1. The number of aryl methyl sites for hydroxylation is 1. The van der Waals surface area contributed by atoms with Crippen molar-refractivity contribution in [2.75, 3.05) is 27.2 Å². The van der Waals surface area contributed by atoms with Crippen molar-refractivity contribution in [2.45, 2.75) is 13.5 Å². The zero-order chi connectivity index (χ0) is 18.2. The van der Waals surface area contributed by atoms with E-state index in [9.17, 15) is 9.50 Å². The minimum Gasteiger partial charge on any atom is -0.505 e. The van der Waals surface area contributed by atoms with Crippen LogP contribution in [0.2, 0.25) is 0 Å². The first-order valence-electron chi connectivity index (χ1n) is 8.08. The van der Waals surface area contributed by atoms with Crippen LogP contribution >= 0.6 is 24.0 Å². The molecule has 2 rings (SSSR count). The highest BCUT2D eigenvalue weighted by molar-refractivity contribution is 14.0. The van der Waals surface area contributed by atoms with E-state index in [0.29, 0.717) is 25.7 Å². The minimum absolute atomic E-state index is 0. The van der Waals surface area contributed by atoms with Gasteiger partial charge in [0.05, 0.1) is 6.54 Å². The molecule has 142 valence electrons. The van der Waals surface area contributed by atoms with Crippen LogP contribution in [0.3, 0.4) is 0 Å². The first kappa shape index (κ1) is 22.0. The molecule has 0 heterocycles. The Bertz CT molecular complexity index is 723. The largest absolute Gasteiger partial charge is 0.505 e. The molecule has 0 spiro atoms. The van der Waals surface area contributed by atoms with E-state index in [1.54, 1.807) is 13.1 Å². The highest BCUT2D eigenvalue weighted by Gasteiger charge is 2.07. The van der Waals surface area contributed by atoms with Gasteiger partial charge in [-0.05, 0) is 36.8 Å². The van der Waals surface area contributed by atoms with Crippen LogP contribution in [0.15, 0.2) is 47.5 Å². The average molecular weight is 473 g/mol. The molecule has 0 unspecified atom stereocenters. The number of hydrogen-bond donors (Lipinski definition) is 2. The van der Waals surface area contributed by atoms with E-state index in [1.807, 2.05) is 43.1 Å². The molecule has 0 aliphatic carbocycles. The van der Waals surface area contributed by atoms with Gasteiger partial charge < -0.3 is 20.1 Å². The van der Waals surface area contributed by atoms with Gasteiger partial charge in [0.2, 0.25) is 0 Å². The van der Waals surface area contributed by atoms with Crippen LogP contribution in [0.1, 0.15) is 11.1 Å². The van der Waals surface area contributed by atoms with Gasteiger partial charge in [0.25, 0.3) is 0 Å². The number of aliphatic imine (C=N–C) groups is 1. The second-order valence-corrected chi connectivity index (χ2v) is 5.77. The van der Waals surface area contributed by atoms with E-state index in [2.05, 4.69) is 10.3 Å². The number of phenols is 1. The number of hydrogen-bond acceptors (Lipinski definition) is 3. The van der Waals surface area contributed by atoms with Crippen LogP contribution in [0, 0.1) is 12.7 Å². The van der Waals surface area contributed by atoms with Gasteiger partial charge in [-0.25, -0.2) is 4.39 Å². The summed E-state index contributed by atoms with van der Waals surface area (Å²) in [5, 5.41) is 12.4. The SMILES string of the molecule is CN=C(NCc1ccc(O)c(F)c1)N(C)CCOc1ccc(C)cc1.I. The van der Waals surface area contributed by atoms with E-state index in [-0.39, 0.29) is 29.7 Å². The molecule has 0 saturated carbocycles. The lowest BCUT2D eigenvalue weighted by Crippen LogP contribution is -2.40. The number of nitrogens with one attached hydrogen (secondary N) is 1. The summed E-state index contributed by atoms with van der Waals surface area (Å²) in [6, 6.07) is 12.2. The Labute approximate surface area is 170 Å². The van der Waals surface area contributed by atoms with Crippen molar-refractivity contribution in [3.8, 4) is 11.5 Å². The standard InChI is InChI=1S/C19H24FN3O2.HI/c1-14-4-7-16(8-5-14)25-11-10-23(3)19(21-2)22-13-15-6-9-18(24)17(20)12-15;/h4-9,12,24H,10-11,13H2,1-3H3,(H,21,22);1H. The molecule has 2 aromatic rings. The van der Waals surface area contributed by atoms with Crippen molar-refractivity contribution >= 4 is 29.9 Å². The van der Waals surface area contributed by atoms with Gasteiger partial charge in [0, 0.05) is 20.6 Å². The third-order valence-corrected chi connectivity index (χ3v) is 3.75. The monoisotopic (exact) mass is 473 g/mol. The minimum atomic E-state index is -0.630. The van der Waals surface area contributed by atoms with Crippen molar-refractivity contribution in [1.82, 2.24) is 10.2 Å². The maximum absolute atomic E-state index is 13.4. The fraction of sp³-hybridized carbons (Fsp3) is 0.316. The van der Waals surface area contributed by atoms with Crippen LogP contribution in [-0.2, 0) is 6.54 Å². The third-order valence-electron chi connectivity index (χ3n) is 3.75. The highest BCUT2D eigenvalue weighted by atomic mass is 127.